The predicted octanol–water partition coefficient (Wildman–Crippen LogP) is 3.41. The van der Waals surface area contributed by atoms with Gasteiger partial charge in [-0.05, 0) is 49.9 Å². The number of pyridine rings is 1. The summed E-state index contributed by atoms with van der Waals surface area (Å²) in [6.07, 6.45) is -1.11. The van der Waals surface area contributed by atoms with Gasteiger partial charge in [0.2, 0.25) is 0 Å². The Balaban J connectivity index is 1.17. The molecule has 0 unspecified atom stereocenters. The summed E-state index contributed by atoms with van der Waals surface area (Å²) in [6, 6.07) is 11.0. The van der Waals surface area contributed by atoms with Crippen molar-refractivity contribution in [3.63, 3.8) is 0 Å². The van der Waals surface area contributed by atoms with Gasteiger partial charge in [-0.1, -0.05) is 12.1 Å². The molecule has 3 heterocycles. The molecule has 0 bridgehead atoms. The zero-order valence-electron chi connectivity index (χ0n) is 21.2. The number of aromatic nitrogens is 3. The summed E-state index contributed by atoms with van der Waals surface area (Å²) in [5, 5.41) is 8.63. The van der Waals surface area contributed by atoms with Gasteiger partial charge in [-0.2, -0.15) is 13.2 Å². The Morgan fingerprint density at radius 1 is 1.05 bits per heavy atom. The highest BCUT2D eigenvalue weighted by molar-refractivity contribution is 5.75. The molecule has 10 nitrogen and oxygen atoms in total. The van der Waals surface area contributed by atoms with Crippen molar-refractivity contribution in [2.75, 3.05) is 39.5 Å². The number of alkyl halides is 3. The van der Waals surface area contributed by atoms with Crippen molar-refractivity contribution in [1.82, 2.24) is 25.0 Å². The van der Waals surface area contributed by atoms with E-state index < -0.39 is 12.1 Å². The second-order valence-electron chi connectivity index (χ2n) is 9.54. The number of nitrogens with zero attached hydrogens (tertiary/aromatic N) is 4. The topological polar surface area (TPSA) is 99.5 Å². The first-order valence-electron chi connectivity index (χ1n) is 12.9. The van der Waals surface area contributed by atoms with E-state index in [1.807, 2.05) is 47.0 Å². The first-order valence-corrected chi connectivity index (χ1v) is 12.9. The van der Waals surface area contributed by atoms with Gasteiger partial charge >= 0.3 is 12.1 Å². The number of carbonyl (C=O) groups is 1. The molecule has 5 rings (SSSR count). The number of hydroxylamine groups is 1. The second kappa shape index (κ2) is 12.2. The van der Waals surface area contributed by atoms with E-state index >= 15 is 0 Å². The van der Waals surface area contributed by atoms with Crippen molar-refractivity contribution in [3.8, 4) is 22.9 Å². The van der Waals surface area contributed by atoms with E-state index in [4.69, 9.17) is 14.2 Å². The van der Waals surface area contributed by atoms with Crippen LogP contribution in [0.25, 0.3) is 17.0 Å². The van der Waals surface area contributed by atoms with Crippen molar-refractivity contribution in [2.24, 2.45) is 0 Å². The Kier molecular flexibility index (Phi) is 8.48. The van der Waals surface area contributed by atoms with E-state index in [2.05, 4.69) is 25.4 Å². The van der Waals surface area contributed by atoms with Crippen LogP contribution in [-0.4, -0.2) is 83.2 Å². The molecule has 39 heavy (non-hydrogen) atoms. The number of benzene rings is 1. The first kappa shape index (κ1) is 27.2. The van der Waals surface area contributed by atoms with Crippen molar-refractivity contribution >= 4 is 11.6 Å². The third kappa shape index (κ3) is 7.16. The number of hydrogen-bond acceptors (Lipinski definition) is 9. The molecular weight excluding hydrogens is 519 g/mol. The van der Waals surface area contributed by atoms with E-state index in [-0.39, 0.29) is 12.1 Å². The minimum atomic E-state index is -5.02. The van der Waals surface area contributed by atoms with Gasteiger partial charge in [0.25, 0.3) is 0 Å². The number of ether oxygens (including phenoxy) is 3. The lowest BCUT2D eigenvalue weighted by Crippen LogP contribution is -2.40. The van der Waals surface area contributed by atoms with Gasteiger partial charge in [-0.25, -0.2) is 4.79 Å². The average molecular weight is 550 g/mol. The number of hydrogen-bond donors (Lipinski definition) is 1. The van der Waals surface area contributed by atoms with Gasteiger partial charge in [0.1, 0.15) is 18.1 Å². The summed E-state index contributed by atoms with van der Waals surface area (Å²) >= 11 is 0. The van der Waals surface area contributed by atoms with Crippen LogP contribution in [0.4, 0.5) is 13.2 Å². The number of carbonyl (C=O) groups excluding carboxylic acids is 1. The molecule has 3 aromatic rings. The first-order chi connectivity index (χ1) is 18.8. The fraction of sp³-hybridized carbons (Fsp3) is 0.500. The smallest absolute Gasteiger partial charge is 0.492 e. The SMILES string of the molecule is O=C(ONC1CCC(Oc2ccc3nnc(-c4cccc(OCCN5CCOCC5)c4)n3c2)CC1)C(F)(F)F. The van der Waals surface area contributed by atoms with E-state index in [1.165, 1.54) is 0 Å². The molecule has 1 aliphatic heterocycles. The van der Waals surface area contributed by atoms with Crippen molar-refractivity contribution < 1.29 is 37.0 Å². The normalized spacial score (nSPS) is 20.6. The summed E-state index contributed by atoms with van der Waals surface area (Å²) < 4.78 is 56.3. The van der Waals surface area contributed by atoms with E-state index in [0.29, 0.717) is 49.5 Å². The Morgan fingerprint density at radius 2 is 1.85 bits per heavy atom. The summed E-state index contributed by atoms with van der Waals surface area (Å²) in [4.78, 5) is 17.4. The molecule has 0 amide bonds. The molecule has 2 fully saturated rings. The van der Waals surface area contributed by atoms with Crippen molar-refractivity contribution in [2.45, 2.75) is 44.0 Å². The average Bonchev–Trinajstić information content (AvgIpc) is 3.36. The lowest BCUT2D eigenvalue weighted by atomic mass is 9.93. The van der Waals surface area contributed by atoms with E-state index in [0.717, 1.165) is 44.2 Å². The number of morpholine rings is 1. The minimum absolute atomic E-state index is 0.123. The Hall–Kier alpha value is -3.42. The fourth-order valence-corrected chi connectivity index (χ4v) is 4.67. The quantitative estimate of drug-likeness (QED) is 0.403. The predicted molar refractivity (Wildman–Crippen MR) is 133 cm³/mol. The van der Waals surface area contributed by atoms with Crippen LogP contribution in [0.5, 0.6) is 11.5 Å². The number of halogens is 3. The second-order valence-corrected chi connectivity index (χ2v) is 9.54. The van der Waals surface area contributed by atoms with Crippen LogP contribution in [-0.2, 0) is 14.4 Å². The Morgan fingerprint density at radius 3 is 2.62 bits per heavy atom. The molecule has 1 saturated heterocycles. The van der Waals surface area contributed by atoms with Crippen LogP contribution in [0.1, 0.15) is 25.7 Å². The molecule has 0 atom stereocenters. The maximum absolute atomic E-state index is 12.3. The van der Waals surface area contributed by atoms with Gasteiger partial charge < -0.3 is 19.0 Å². The van der Waals surface area contributed by atoms with Gasteiger partial charge in [-0.15, -0.1) is 15.7 Å². The standard InChI is InChI=1S/C26H30F3N5O5/c27-26(28,29)25(35)39-32-19-4-6-20(7-5-19)38-22-8-9-23-30-31-24(34(23)17-22)18-2-1-3-21(16-18)37-15-12-33-10-13-36-14-11-33/h1-3,8-9,16-17,19-20,32H,4-7,10-15H2. The Labute approximate surface area is 222 Å². The highest BCUT2D eigenvalue weighted by Crippen LogP contribution is 2.28. The lowest BCUT2D eigenvalue weighted by Gasteiger charge is -2.29. The van der Waals surface area contributed by atoms with Gasteiger partial charge in [-0.3, -0.25) is 9.30 Å². The van der Waals surface area contributed by atoms with Gasteiger partial charge in [0, 0.05) is 31.2 Å². The van der Waals surface area contributed by atoms with Crippen LogP contribution in [0.2, 0.25) is 0 Å². The molecule has 2 aromatic heterocycles. The maximum Gasteiger partial charge on any atom is 0.492 e. The summed E-state index contributed by atoms with van der Waals surface area (Å²) in [7, 11) is 0. The number of fused-ring (bicyclic) bond motifs is 1. The van der Waals surface area contributed by atoms with Crippen LogP contribution in [0.15, 0.2) is 42.6 Å². The third-order valence-electron chi connectivity index (χ3n) is 6.77. The highest BCUT2D eigenvalue weighted by Gasteiger charge is 2.42. The number of rotatable bonds is 9. The van der Waals surface area contributed by atoms with Gasteiger partial charge in [0.15, 0.2) is 11.5 Å². The van der Waals surface area contributed by atoms with Crippen molar-refractivity contribution in [3.05, 3.63) is 42.6 Å². The molecule has 1 N–H and O–H groups in total. The summed E-state index contributed by atoms with van der Waals surface area (Å²) in [5.41, 5.74) is 3.74. The fourth-order valence-electron chi connectivity index (χ4n) is 4.67. The monoisotopic (exact) mass is 549 g/mol. The molecule has 1 saturated carbocycles. The van der Waals surface area contributed by atoms with Gasteiger partial charge in [0.05, 0.1) is 25.5 Å². The van der Waals surface area contributed by atoms with Crippen LogP contribution in [0, 0.1) is 0 Å². The maximum atomic E-state index is 12.3. The molecule has 1 aliphatic carbocycles. The van der Waals surface area contributed by atoms with Crippen LogP contribution < -0.4 is 15.0 Å². The molecule has 2 aliphatic rings. The largest absolute Gasteiger partial charge is 0.492 e. The zero-order valence-corrected chi connectivity index (χ0v) is 21.2. The summed E-state index contributed by atoms with van der Waals surface area (Å²) in [6.45, 7) is 4.73. The highest BCUT2D eigenvalue weighted by atomic mass is 19.4. The van der Waals surface area contributed by atoms with E-state index in [9.17, 15) is 18.0 Å². The van der Waals surface area contributed by atoms with Crippen molar-refractivity contribution in [1.29, 1.82) is 0 Å². The minimum Gasteiger partial charge on any atom is -0.492 e. The lowest BCUT2D eigenvalue weighted by molar-refractivity contribution is -0.209. The molecule has 1 aromatic carbocycles. The molecule has 0 spiro atoms. The van der Waals surface area contributed by atoms with E-state index in [1.54, 1.807) is 0 Å². The zero-order chi connectivity index (χ0) is 27.2. The number of nitrogens with one attached hydrogen (secondary N) is 1. The van der Waals surface area contributed by atoms with Crippen LogP contribution >= 0.6 is 0 Å². The molecule has 0 radical (unpaired) electrons. The molecule has 13 heteroatoms. The Bertz CT molecular complexity index is 1260. The van der Waals surface area contributed by atoms with Crippen LogP contribution in [0.3, 0.4) is 0 Å². The molecular formula is C26H30F3N5O5. The molecule has 210 valence electrons. The summed E-state index contributed by atoms with van der Waals surface area (Å²) in [5.74, 6) is -0.227. The third-order valence-corrected chi connectivity index (χ3v) is 6.77.